The van der Waals surface area contributed by atoms with E-state index in [9.17, 15) is 13.2 Å². The van der Waals surface area contributed by atoms with Crippen LogP contribution in [0.5, 0.6) is 0 Å². The van der Waals surface area contributed by atoms with Gasteiger partial charge in [0.1, 0.15) is 0 Å². The van der Waals surface area contributed by atoms with Crippen LogP contribution in [0, 0.1) is 0 Å². The SMILES string of the molecule is CN(Cc1ccccn1)C(=O)CCNS(=O)(=O)c1ccc(Br)cc1. The Bertz CT molecular complexity index is 780. The molecule has 0 aliphatic carbocycles. The molecule has 0 aliphatic rings. The molecule has 6 nitrogen and oxygen atoms in total. The molecule has 128 valence electrons. The van der Waals surface area contributed by atoms with Crippen molar-refractivity contribution in [1.29, 1.82) is 0 Å². The number of aromatic nitrogens is 1. The lowest BCUT2D eigenvalue weighted by molar-refractivity contribution is -0.130. The van der Waals surface area contributed by atoms with Crippen molar-refractivity contribution in [2.24, 2.45) is 0 Å². The van der Waals surface area contributed by atoms with E-state index in [0.29, 0.717) is 6.54 Å². The number of amides is 1. The Morgan fingerprint density at radius 3 is 2.54 bits per heavy atom. The summed E-state index contributed by atoms with van der Waals surface area (Å²) in [6, 6.07) is 11.8. The van der Waals surface area contributed by atoms with Crippen LogP contribution in [0.25, 0.3) is 0 Å². The van der Waals surface area contributed by atoms with E-state index in [1.54, 1.807) is 25.4 Å². The van der Waals surface area contributed by atoms with Gasteiger partial charge >= 0.3 is 0 Å². The van der Waals surface area contributed by atoms with Crippen LogP contribution >= 0.6 is 15.9 Å². The second kappa shape index (κ2) is 8.36. The number of hydrogen-bond donors (Lipinski definition) is 1. The van der Waals surface area contributed by atoms with Crippen LogP contribution in [-0.2, 0) is 21.4 Å². The van der Waals surface area contributed by atoms with Crippen LogP contribution in [0.1, 0.15) is 12.1 Å². The zero-order chi connectivity index (χ0) is 17.6. The van der Waals surface area contributed by atoms with Gasteiger partial charge in [-0.1, -0.05) is 22.0 Å². The molecule has 2 rings (SSSR count). The number of carbonyl (C=O) groups excluding carboxylic acids is 1. The molecular weight excluding hydrogens is 394 g/mol. The maximum atomic E-state index is 12.1. The van der Waals surface area contributed by atoms with Crippen molar-refractivity contribution in [2.75, 3.05) is 13.6 Å². The van der Waals surface area contributed by atoms with Crippen molar-refractivity contribution in [2.45, 2.75) is 17.9 Å². The third-order valence-electron chi connectivity index (χ3n) is 3.31. The summed E-state index contributed by atoms with van der Waals surface area (Å²) in [7, 11) is -1.94. The first-order chi connectivity index (χ1) is 11.4. The van der Waals surface area contributed by atoms with E-state index in [-0.39, 0.29) is 23.8 Å². The average Bonchev–Trinajstić information content (AvgIpc) is 2.56. The highest BCUT2D eigenvalue weighted by Gasteiger charge is 2.15. The largest absolute Gasteiger partial charge is 0.340 e. The number of carbonyl (C=O) groups is 1. The third kappa shape index (κ3) is 5.40. The van der Waals surface area contributed by atoms with E-state index >= 15 is 0 Å². The number of halogens is 1. The number of benzene rings is 1. The van der Waals surface area contributed by atoms with E-state index in [0.717, 1.165) is 10.2 Å². The summed E-state index contributed by atoms with van der Waals surface area (Å²) >= 11 is 3.26. The zero-order valence-corrected chi connectivity index (χ0v) is 15.5. The highest BCUT2D eigenvalue weighted by atomic mass is 79.9. The van der Waals surface area contributed by atoms with Crippen molar-refractivity contribution in [3.8, 4) is 0 Å². The maximum absolute atomic E-state index is 12.1. The number of nitrogens with zero attached hydrogens (tertiary/aromatic N) is 2. The first kappa shape index (κ1) is 18.6. The molecule has 0 saturated heterocycles. The van der Waals surface area contributed by atoms with Crippen LogP contribution in [0.2, 0.25) is 0 Å². The van der Waals surface area contributed by atoms with Gasteiger partial charge in [-0.25, -0.2) is 13.1 Å². The summed E-state index contributed by atoms with van der Waals surface area (Å²) in [5, 5.41) is 0. The van der Waals surface area contributed by atoms with Gasteiger partial charge in [0.05, 0.1) is 17.1 Å². The molecule has 1 N–H and O–H groups in total. The van der Waals surface area contributed by atoms with E-state index in [1.807, 2.05) is 18.2 Å². The van der Waals surface area contributed by atoms with Gasteiger partial charge in [0.15, 0.2) is 0 Å². The monoisotopic (exact) mass is 411 g/mol. The molecule has 0 unspecified atom stereocenters. The number of rotatable bonds is 7. The number of sulfonamides is 1. The summed E-state index contributed by atoms with van der Waals surface area (Å²) in [5.74, 6) is -0.154. The first-order valence-electron chi connectivity index (χ1n) is 7.27. The minimum atomic E-state index is -3.61. The summed E-state index contributed by atoms with van der Waals surface area (Å²) in [5.41, 5.74) is 0.781. The Balaban J connectivity index is 1.84. The van der Waals surface area contributed by atoms with Crippen LogP contribution < -0.4 is 4.72 Å². The number of nitrogens with one attached hydrogen (secondary N) is 1. The molecule has 0 spiro atoms. The molecule has 0 bridgehead atoms. The highest BCUT2D eigenvalue weighted by molar-refractivity contribution is 9.10. The van der Waals surface area contributed by atoms with Gasteiger partial charge in [0.25, 0.3) is 0 Å². The molecule has 0 atom stereocenters. The summed E-state index contributed by atoms with van der Waals surface area (Å²) < 4.78 is 27.5. The third-order valence-corrected chi connectivity index (χ3v) is 5.31. The quantitative estimate of drug-likeness (QED) is 0.756. The molecule has 2 aromatic rings. The standard InChI is InChI=1S/C16H18BrN3O3S/c1-20(12-14-4-2-3-10-18-14)16(21)9-11-19-24(22,23)15-7-5-13(17)6-8-15/h2-8,10,19H,9,11-12H2,1H3. The molecular formula is C16H18BrN3O3S. The minimum Gasteiger partial charge on any atom is -0.340 e. The molecule has 0 fully saturated rings. The Kier molecular flexibility index (Phi) is 6.47. The van der Waals surface area contributed by atoms with Gasteiger partial charge in [0.2, 0.25) is 15.9 Å². The van der Waals surface area contributed by atoms with Gasteiger partial charge in [-0.15, -0.1) is 0 Å². The van der Waals surface area contributed by atoms with Crippen LogP contribution in [0.3, 0.4) is 0 Å². The molecule has 1 aromatic carbocycles. The summed E-state index contributed by atoms with van der Waals surface area (Å²) in [6.07, 6.45) is 1.75. The van der Waals surface area contributed by atoms with Crippen molar-refractivity contribution in [3.63, 3.8) is 0 Å². The molecule has 1 heterocycles. The fraction of sp³-hybridized carbons (Fsp3) is 0.250. The van der Waals surface area contributed by atoms with E-state index in [2.05, 4.69) is 25.6 Å². The fourth-order valence-corrected chi connectivity index (χ4v) is 3.30. The zero-order valence-electron chi connectivity index (χ0n) is 13.1. The Labute approximate surface area is 150 Å². The average molecular weight is 412 g/mol. The van der Waals surface area contributed by atoms with E-state index in [4.69, 9.17) is 0 Å². The van der Waals surface area contributed by atoms with Crippen LogP contribution in [-0.4, -0.2) is 37.8 Å². The van der Waals surface area contributed by atoms with E-state index in [1.165, 1.54) is 17.0 Å². The number of pyridine rings is 1. The predicted molar refractivity (Wildman–Crippen MR) is 94.7 cm³/mol. The first-order valence-corrected chi connectivity index (χ1v) is 9.55. The number of hydrogen-bond acceptors (Lipinski definition) is 4. The van der Waals surface area contributed by atoms with Crippen molar-refractivity contribution in [3.05, 3.63) is 58.8 Å². The second-order valence-electron chi connectivity index (χ2n) is 5.17. The van der Waals surface area contributed by atoms with Gasteiger partial charge in [-0.05, 0) is 36.4 Å². The molecule has 24 heavy (non-hydrogen) atoms. The topological polar surface area (TPSA) is 79.4 Å². The van der Waals surface area contributed by atoms with Crippen molar-refractivity contribution in [1.82, 2.24) is 14.6 Å². The predicted octanol–water partition coefficient (Wildman–Crippen LogP) is 2.17. The van der Waals surface area contributed by atoms with Crippen molar-refractivity contribution >= 4 is 31.9 Å². The van der Waals surface area contributed by atoms with Gasteiger partial charge in [0, 0.05) is 30.7 Å². The smallest absolute Gasteiger partial charge is 0.240 e. The fourth-order valence-electron chi connectivity index (χ4n) is 2.00. The van der Waals surface area contributed by atoms with Gasteiger partial charge in [-0.2, -0.15) is 0 Å². The summed E-state index contributed by atoms with van der Waals surface area (Å²) in [4.78, 5) is 17.9. The summed E-state index contributed by atoms with van der Waals surface area (Å²) in [6.45, 7) is 0.433. The maximum Gasteiger partial charge on any atom is 0.240 e. The minimum absolute atomic E-state index is 0.0454. The normalized spacial score (nSPS) is 11.2. The van der Waals surface area contributed by atoms with Crippen molar-refractivity contribution < 1.29 is 13.2 Å². The molecule has 1 aromatic heterocycles. The van der Waals surface area contributed by atoms with Gasteiger partial charge < -0.3 is 4.90 Å². The lowest BCUT2D eigenvalue weighted by Crippen LogP contribution is -2.32. The lowest BCUT2D eigenvalue weighted by atomic mass is 10.3. The van der Waals surface area contributed by atoms with Gasteiger partial charge in [-0.3, -0.25) is 9.78 Å². The highest BCUT2D eigenvalue weighted by Crippen LogP contribution is 2.14. The van der Waals surface area contributed by atoms with Crippen LogP contribution in [0.15, 0.2) is 58.0 Å². The second-order valence-corrected chi connectivity index (χ2v) is 7.86. The van der Waals surface area contributed by atoms with Crippen LogP contribution in [0.4, 0.5) is 0 Å². The Morgan fingerprint density at radius 1 is 1.21 bits per heavy atom. The Hall–Kier alpha value is -1.77. The molecule has 0 aliphatic heterocycles. The Morgan fingerprint density at radius 2 is 1.92 bits per heavy atom. The van der Waals surface area contributed by atoms with E-state index < -0.39 is 10.0 Å². The molecule has 0 saturated carbocycles. The lowest BCUT2D eigenvalue weighted by Gasteiger charge is -2.16. The molecule has 0 radical (unpaired) electrons. The molecule has 8 heteroatoms. The molecule has 1 amide bonds.